The molecule has 0 radical (unpaired) electrons. The number of ketones is 1. The zero-order valence-corrected chi connectivity index (χ0v) is 12.4. The highest BCUT2D eigenvalue weighted by Gasteiger charge is 2.02. The van der Waals surface area contributed by atoms with Crippen LogP contribution in [0.2, 0.25) is 0 Å². The fourth-order valence-corrected chi connectivity index (χ4v) is 2.06. The molecule has 0 amide bonds. The van der Waals surface area contributed by atoms with Gasteiger partial charge in [0.05, 0.1) is 0 Å². The largest absolute Gasteiger partial charge is 0.361 e. The van der Waals surface area contributed by atoms with Crippen LogP contribution in [0.3, 0.4) is 0 Å². The summed E-state index contributed by atoms with van der Waals surface area (Å²) in [5.74, 6) is 2.45. The molecule has 0 saturated carbocycles. The molecule has 0 aromatic heterocycles. The average Bonchev–Trinajstić information content (AvgIpc) is 2.55. The Bertz CT molecular complexity index is 749. The summed E-state index contributed by atoms with van der Waals surface area (Å²) < 4.78 is 0. The predicted molar refractivity (Wildman–Crippen MR) is 92.6 cm³/mol. The highest BCUT2D eigenvalue weighted by Crippen LogP contribution is 2.21. The Balaban J connectivity index is 2.14. The van der Waals surface area contributed by atoms with Crippen LogP contribution in [0.1, 0.15) is 21.5 Å². The Hall–Kier alpha value is -3.05. The summed E-state index contributed by atoms with van der Waals surface area (Å²) in [6.07, 6.45) is 12.0. The van der Waals surface area contributed by atoms with Crippen molar-refractivity contribution in [2.24, 2.45) is 0 Å². The molecule has 2 nitrogen and oxygen atoms in total. The normalized spacial score (nSPS) is 10.7. The van der Waals surface area contributed by atoms with Crippen molar-refractivity contribution in [3.05, 3.63) is 83.6 Å². The molecule has 0 aliphatic rings. The number of allylic oxidation sites excluding steroid dienone is 2. The minimum absolute atomic E-state index is 0.0403. The lowest BCUT2D eigenvalue weighted by atomic mass is 10.1. The van der Waals surface area contributed by atoms with Gasteiger partial charge in [-0.3, -0.25) is 4.79 Å². The number of terminal acetylenes is 1. The molecule has 0 fully saturated rings. The maximum absolute atomic E-state index is 12.0. The van der Waals surface area contributed by atoms with E-state index in [2.05, 4.69) is 11.2 Å². The number of anilines is 1. The Morgan fingerprint density at radius 2 is 1.91 bits per heavy atom. The molecule has 0 atom stereocenters. The van der Waals surface area contributed by atoms with Gasteiger partial charge in [0.25, 0.3) is 0 Å². The minimum Gasteiger partial charge on any atom is -0.361 e. The maximum atomic E-state index is 12.0. The van der Waals surface area contributed by atoms with Crippen LogP contribution in [0.15, 0.2) is 66.9 Å². The lowest BCUT2D eigenvalue weighted by Gasteiger charge is -2.08. The molecular formula is C20H17NO. The van der Waals surface area contributed by atoms with Crippen LogP contribution in [0.4, 0.5) is 5.69 Å². The van der Waals surface area contributed by atoms with Crippen molar-refractivity contribution in [2.75, 3.05) is 5.32 Å². The van der Waals surface area contributed by atoms with Gasteiger partial charge in [0.15, 0.2) is 5.78 Å². The molecule has 0 unspecified atom stereocenters. The highest BCUT2D eigenvalue weighted by atomic mass is 16.1. The Labute approximate surface area is 131 Å². The van der Waals surface area contributed by atoms with Crippen LogP contribution in [0, 0.1) is 19.3 Å². The number of carbonyl (C=O) groups is 1. The highest BCUT2D eigenvalue weighted by molar-refractivity contribution is 6.04. The lowest BCUT2D eigenvalue weighted by Crippen LogP contribution is -1.97. The Morgan fingerprint density at radius 1 is 1.14 bits per heavy atom. The SMILES string of the molecule is C#C/C=C\c1c(C)cccc1N/C=C\C(=O)c1ccccc1. The average molecular weight is 287 g/mol. The van der Waals surface area contributed by atoms with E-state index in [0.717, 1.165) is 16.8 Å². The van der Waals surface area contributed by atoms with Gasteiger partial charge in [0.1, 0.15) is 0 Å². The number of aryl methyl sites for hydroxylation is 1. The van der Waals surface area contributed by atoms with E-state index in [0.29, 0.717) is 5.56 Å². The smallest absolute Gasteiger partial charge is 0.187 e. The van der Waals surface area contributed by atoms with Gasteiger partial charge in [-0.25, -0.2) is 0 Å². The molecule has 0 aliphatic carbocycles. The summed E-state index contributed by atoms with van der Waals surface area (Å²) in [7, 11) is 0. The van der Waals surface area contributed by atoms with Gasteiger partial charge in [0.2, 0.25) is 0 Å². The molecule has 0 spiro atoms. The molecule has 0 heterocycles. The van der Waals surface area contributed by atoms with E-state index in [1.807, 2.05) is 49.4 Å². The summed E-state index contributed by atoms with van der Waals surface area (Å²) >= 11 is 0. The first-order chi connectivity index (χ1) is 10.7. The molecule has 1 N–H and O–H groups in total. The molecule has 22 heavy (non-hydrogen) atoms. The van der Waals surface area contributed by atoms with Crippen molar-refractivity contribution in [2.45, 2.75) is 6.92 Å². The molecule has 2 aromatic rings. The topological polar surface area (TPSA) is 29.1 Å². The summed E-state index contributed by atoms with van der Waals surface area (Å²) in [6, 6.07) is 15.1. The monoisotopic (exact) mass is 287 g/mol. The zero-order chi connectivity index (χ0) is 15.8. The van der Waals surface area contributed by atoms with Crippen molar-refractivity contribution in [3.63, 3.8) is 0 Å². The zero-order valence-electron chi connectivity index (χ0n) is 12.4. The number of carbonyl (C=O) groups excluding carboxylic acids is 1. The second-order valence-electron chi connectivity index (χ2n) is 4.74. The van der Waals surface area contributed by atoms with Crippen LogP contribution < -0.4 is 5.32 Å². The molecular weight excluding hydrogens is 270 g/mol. The van der Waals surface area contributed by atoms with Gasteiger partial charge < -0.3 is 5.32 Å². The van der Waals surface area contributed by atoms with E-state index >= 15 is 0 Å². The molecule has 2 heteroatoms. The van der Waals surface area contributed by atoms with Gasteiger partial charge in [-0.1, -0.05) is 48.4 Å². The van der Waals surface area contributed by atoms with Crippen LogP contribution in [-0.2, 0) is 0 Å². The summed E-state index contributed by atoms with van der Waals surface area (Å²) in [5, 5.41) is 3.14. The minimum atomic E-state index is -0.0403. The number of hydrogen-bond acceptors (Lipinski definition) is 2. The first-order valence-corrected chi connectivity index (χ1v) is 6.97. The third-order valence-corrected chi connectivity index (χ3v) is 3.20. The van der Waals surface area contributed by atoms with Gasteiger partial charge in [0, 0.05) is 29.1 Å². The van der Waals surface area contributed by atoms with E-state index in [9.17, 15) is 4.79 Å². The maximum Gasteiger partial charge on any atom is 0.187 e. The summed E-state index contributed by atoms with van der Waals surface area (Å²) in [4.78, 5) is 12.0. The van der Waals surface area contributed by atoms with Crippen LogP contribution in [0.25, 0.3) is 6.08 Å². The van der Waals surface area contributed by atoms with Crippen LogP contribution in [0.5, 0.6) is 0 Å². The number of benzene rings is 2. The first-order valence-electron chi connectivity index (χ1n) is 6.97. The summed E-state index contributed by atoms with van der Waals surface area (Å²) in [5.41, 5.74) is 3.69. The number of nitrogens with one attached hydrogen (secondary N) is 1. The third-order valence-electron chi connectivity index (χ3n) is 3.20. The molecule has 0 bridgehead atoms. The van der Waals surface area contributed by atoms with Gasteiger partial charge >= 0.3 is 0 Å². The van der Waals surface area contributed by atoms with Crippen molar-refractivity contribution in [1.29, 1.82) is 0 Å². The van der Waals surface area contributed by atoms with Crippen molar-refractivity contribution < 1.29 is 4.79 Å². The van der Waals surface area contributed by atoms with Crippen molar-refractivity contribution in [1.82, 2.24) is 0 Å². The second kappa shape index (κ2) is 7.66. The van der Waals surface area contributed by atoms with Crippen molar-refractivity contribution >= 4 is 17.5 Å². The van der Waals surface area contributed by atoms with Gasteiger partial charge in [-0.15, -0.1) is 6.42 Å². The molecule has 108 valence electrons. The quantitative estimate of drug-likeness (QED) is 0.500. The first kappa shape index (κ1) is 15.3. The Kier molecular flexibility index (Phi) is 5.34. The van der Waals surface area contributed by atoms with Gasteiger partial charge in [-0.2, -0.15) is 0 Å². The van der Waals surface area contributed by atoms with Crippen LogP contribution in [-0.4, -0.2) is 5.78 Å². The van der Waals surface area contributed by atoms with Crippen LogP contribution >= 0.6 is 0 Å². The standard InChI is InChI=1S/C20H17NO/c1-3-4-12-18-16(2)9-8-13-19(18)21-15-14-20(22)17-10-6-5-7-11-17/h1,4-15,21H,2H3/b12-4-,15-14-. The molecule has 2 rings (SSSR count). The molecule has 2 aromatic carbocycles. The summed E-state index contributed by atoms with van der Waals surface area (Å²) in [6.45, 7) is 2.01. The fraction of sp³-hybridized carbons (Fsp3) is 0.0500. The van der Waals surface area contributed by atoms with E-state index in [1.165, 1.54) is 6.08 Å². The van der Waals surface area contributed by atoms with E-state index in [1.54, 1.807) is 24.4 Å². The van der Waals surface area contributed by atoms with Gasteiger partial charge in [-0.05, 0) is 30.7 Å². The Morgan fingerprint density at radius 3 is 2.64 bits per heavy atom. The van der Waals surface area contributed by atoms with E-state index in [-0.39, 0.29) is 5.78 Å². The third kappa shape index (κ3) is 3.97. The fourth-order valence-electron chi connectivity index (χ4n) is 2.06. The predicted octanol–water partition coefficient (Wildman–Crippen LogP) is 4.45. The molecule has 0 saturated heterocycles. The van der Waals surface area contributed by atoms with E-state index in [4.69, 9.17) is 6.42 Å². The number of rotatable bonds is 5. The second-order valence-corrected chi connectivity index (χ2v) is 4.74. The van der Waals surface area contributed by atoms with Crippen molar-refractivity contribution in [3.8, 4) is 12.3 Å². The number of hydrogen-bond donors (Lipinski definition) is 1. The van der Waals surface area contributed by atoms with E-state index < -0.39 is 0 Å². The molecule has 0 aliphatic heterocycles. The lowest BCUT2D eigenvalue weighted by molar-refractivity contribution is 0.104.